The van der Waals surface area contributed by atoms with Gasteiger partial charge in [0.25, 0.3) is 0 Å². The van der Waals surface area contributed by atoms with Gasteiger partial charge in [-0.2, -0.15) is 0 Å². The first kappa shape index (κ1) is 23.8. The summed E-state index contributed by atoms with van der Waals surface area (Å²) in [5.74, 6) is 2.42. The fraction of sp³-hybridized carbons (Fsp3) is 0.188. The Hall–Kier alpha value is -3.59. The number of benzene rings is 5. The molecule has 0 N–H and O–H groups in total. The third-order valence-electron chi connectivity index (χ3n) is 6.77. The summed E-state index contributed by atoms with van der Waals surface area (Å²) < 4.78 is 24.8. The van der Waals surface area contributed by atoms with E-state index in [1.165, 1.54) is 5.56 Å². The van der Waals surface area contributed by atoms with E-state index in [1.807, 2.05) is 12.1 Å². The van der Waals surface area contributed by atoms with E-state index < -0.39 is 0 Å². The van der Waals surface area contributed by atoms with Crippen molar-refractivity contribution in [2.45, 2.75) is 12.5 Å². The average molecular weight is 509 g/mol. The molecule has 5 heteroatoms. The predicted octanol–water partition coefficient (Wildman–Crippen LogP) is 7.27. The van der Waals surface area contributed by atoms with Crippen LogP contribution in [0.3, 0.4) is 0 Å². The quantitative estimate of drug-likeness (QED) is 0.179. The third-order valence-corrected chi connectivity index (χ3v) is 7.06. The summed E-state index contributed by atoms with van der Waals surface area (Å²) in [5.41, 5.74) is 3.39. The second kappa shape index (κ2) is 10.8. The van der Waals surface area contributed by atoms with Gasteiger partial charge < -0.3 is 18.9 Å². The van der Waals surface area contributed by atoms with Gasteiger partial charge in [0, 0.05) is 11.1 Å². The van der Waals surface area contributed by atoms with Crippen LogP contribution in [0, 0.1) is 0 Å². The highest BCUT2D eigenvalue weighted by Crippen LogP contribution is 2.46. The first-order valence-corrected chi connectivity index (χ1v) is 13.4. The smallest absolute Gasteiger partial charge is 0.189 e. The molecule has 0 amide bonds. The van der Waals surface area contributed by atoms with Crippen LogP contribution in [0.1, 0.15) is 5.56 Å². The first-order valence-electron chi connectivity index (χ1n) is 12.6. The minimum absolute atomic E-state index is 0.121. The van der Waals surface area contributed by atoms with Crippen LogP contribution in [0.2, 0.25) is 0 Å². The molecule has 0 fully saturated rings. The number of hydrogen-bond acceptors (Lipinski definition) is 4. The van der Waals surface area contributed by atoms with Crippen LogP contribution in [0.4, 0.5) is 0 Å². The average Bonchev–Trinajstić information content (AvgIpc) is 3.02. The summed E-state index contributed by atoms with van der Waals surface area (Å²) in [6.07, 6.45) is 1.78. The fourth-order valence-electron chi connectivity index (χ4n) is 4.89. The van der Waals surface area contributed by atoms with Crippen molar-refractivity contribution in [3.8, 4) is 28.4 Å². The Morgan fingerprint density at radius 2 is 1.24 bits per heavy atom. The van der Waals surface area contributed by atoms with Crippen molar-refractivity contribution in [3.63, 3.8) is 0 Å². The Labute approximate surface area is 219 Å². The molecule has 0 saturated carbocycles. The minimum Gasteiger partial charge on any atom is -0.490 e. The van der Waals surface area contributed by atoms with Crippen molar-refractivity contribution < 1.29 is 18.9 Å². The molecule has 0 spiro atoms. The van der Waals surface area contributed by atoms with Gasteiger partial charge in [0.1, 0.15) is 36.6 Å². The van der Waals surface area contributed by atoms with E-state index in [4.69, 9.17) is 18.9 Å². The molecule has 0 saturated heterocycles. The molecule has 0 radical (unpaired) electrons. The van der Waals surface area contributed by atoms with Crippen molar-refractivity contribution in [1.29, 1.82) is 0 Å². The summed E-state index contributed by atoms with van der Waals surface area (Å²) in [4.78, 5) is 0. The molecule has 1 aliphatic heterocycles. The van der Waals surface area contributed by atoms with Crippen molar-refractivity contribution in [2.75, 3.05) is 26.2 Å². The van der Waals surface area contributed by atoms with E-state index >= 15 is 0 Å². The van der Waals surface area contributed by atoms with Crippen LogP contribution in [-0.4, -0.2) is 32.3 Å². The van der Waals surface area contributed by atoms with Gasteiger partial charge in [-0.1, -0.05) is 72.8 Å². The lowest BCUT2D eigenvalue weighted by Crippen LogP contribution is -2.30. The van der Waals surface area contributed by atoms with Gasteiger partial charge >= 0.3 is 0 Å². The van der Waals surface area contributed by atoms with Gasteiger partial charge in [-0.3, -0.25) is 0 Å². The summed E-state index contributed by atoms with van der Waals surface area (Å²) in [7, 11) is 2.76. The predicted molar refractivity (Wildman–Crippen MR) is 153 cm³/mol. The van der Waals surface area contributed by atoms with Gasteiger partial charge in [-0.15, -0.1) is 9.24 Å². The molecule has 5 aromatic rings. The second-order valence-corrected chi connectivity index (χ2v) is 9.75. The van der Waals surface area contributed by atoms with E-state index in [0.717, 1.165) is 62.5 Å². The first-order chi connectivity index (χ1) is 18.3. The fourth-order valence-corrected chi connectivity index (χ4v) is 5.22. The largest absolute Gasteiger partial charge is 0.490 e. The van der Waals surface area contributed by atoms with Crippen molar-refractivity contribution >= 4 is 30.8 Å². The Morgan fingerprint density at radius 1 is 0.676 bits per heavy atom. The standard InChI is InChI=1S/C32H29O4P/c37-18-17-22-9-13-25(14-10-22)35-21-36-26-19-33-29-15-11-23-5-1-3-7-27(23)31(29)32-28-8-4-2-6-24(28)12-16-30(32)34-20-26/h1-16,26H,17-21,37H2. The van der Waals surface area contributed by atoms with Crippen LogP contribution in [0.5, 0.6) is 17.2 Å². The monoisotopic (exact) mass is 508 g/mol. The van der Waals surface area contributed by atoms with Crippen molar-refractivity contribution in [3.05, 3.63) is 103 Å². The molecule has 186 valence electrons. The summed E-state index contributed by atoms with van der Waals surface area (Å²) in [6, 6.07) is 33.3. The third kappa shape index (κ3) is 5.00. The van der Waals surface area contributed by atoms with Crippen LogP contribution in [0.25, 0.3) is 32.7 Å². The Bertz CT molecular complexity index is 1440. The zero-order chi connectivity index (χ0) is 25.0. The minimum atomic E-state index is -0.298. The summed E-state index contributed by atoms with van der Waals surface area (Å²) >= 11 is 0. The van der Waals surface area contributed by atoms with Crippen LogP contribution < -0.4 is 14.2 Å². The highest BCUT2D eigenvalue weighted by atomic mass is 31.0. The topological polar surface area (TPSA) is 36.9 Å². The lowest BCUT2D eigenvalue weighted by molar-refractivity contribution is -0.0679. The maximum Gasteiger partial charge on any atom is 0.189 e. The molecule has 1 aliphatic rings. The molecule has 4 nitrogen and oxygen atoms in total. The second-order valence-electron chi connectivity index (χ2n) is 9.18. The molecule has 0 aliphatic carbocycles. The Balaban J connectivity index is 1.30. The van der Waals surface area contributed by atoms with E-state index in [2.05, 4.69) is 94.2 Å². The van der Waals surface area contributed by atoms with E-state index in [0.29, 0.717) is 13.2 Å². The van der Waals surface area contributed by atoms with E-state index in [1.54, 1.807) is 0 Å². The molecular weight excluding hydrogens is 479 g/mol. The summed E-state index contributed by atoms with van der Waals surface area (Å²) in [5, 5.41) is 4.59. The maximum atomic E-state index is 6.42. The molecule has 0 bridgehead atoms. The number of aryl methyl sites for hydroxylation is 1. The van der Waals surface area contributed by atoms with Gasteiger partial charge in [-0.25, -0.2) is 0 Å². The zero-order valence-electron chi connectivity index (χ0n) is 20.6. The Morgan fingerprint density at radius 3 is 1.81 bits per heavy atom. The van der Waals surface area contributed by atoms with Gasteiger partial charge in [0.15, 0.2) is 6.79 Å². The molecule has 1 unspecified atom stereocenters. The summed E-state index contributed by atoms with van der Waals surface area (Å²) in [6.45, 7) is 0.830. The van der Waals surface area contributed by atoms with Gasteiger partial charge in [0.05, 0.1) is 0 Å². The molecule has 1 atom stereocenters. The molecule has 0 aromatic heterocycles. The van der Waals surface area contributed by atoms with E-state index in [-0.39, 0.29) is 12.9 Å². The normalized spacial score (nSPS) is 13.5. The Kier molecular flexibility index (Phi) is 6.94. The molecule has 5 aromatic carbocycles. The van der Waals surface area contributed by atoms with Crippen LogP contribution in [-0.2, 0) is 11.2 Å². The van der Waals surface area contributed by atoms with Crippen molar-refractivity contribution in [2.24, 2.45) is 0 Å². The van der Waals surface area contributed by atoms with Gasteiger partial charge in [0.2, 0.25) is 0 Å². The van der Waals surface area contributed by atoms with Crippen LogP contribution in [0.15, 0.2) is 97.1 Å². The molecule has 6 rings (SSSR count). The van der Waals surface area contributed by atoms with E-state index in [9.17, 15) is 0 Å². The number of ether oxygens (including phenoxy) is 4. The number of fused-ring (bicyclic) bond motifs is 7. The zero-order valence-corrected chi connectivity index (χ0v) is 21.7. The van der Waals surface area contributed by atoms with Gasteiger partial charge in [-0.05, 0) is 64.0 Å². The lowest BCUT2D eigenvalue weighted by atomic mass is 9.92. The van der Waals surface area contributed by atoms with Crippen LogP contribution >= 0.6 is 9.24 Å². The van der Waals surface area contributed by atoms with Crippen molar-refractivity contribution in [1.82, 2.24) is 0 Å². The molecular formula is C32H29O4P. The SMILES string of the molecule is PCCc1ccc(OCOC2COc3ccc4ccccc4c3-c3c(ccc4ccccc34)OC2)cc1. The highest BCUT2D eigenvalue weighted by Gasteiger charge is 2.23. The number of hydrogen-bond donors (Lipinski definition) is 0. The molecule has 1 heterocycles. The molecule has 37 heavy (non-hydrogen) atoms. The lowest BCUT2D eigenvalue weighted by Gasteiger charge is -2.18. The highest BCUT2D eigenvalue weighted by molar-refractivity contribution is 7.16. The number of rotatable bonds is 6. The maximum absolute atomic E-state index is 6.42.